The van der Waals surface area contributed by atoms with Crippen LogP contribution in [0.15, 0.2) is 41.9 Å². The van der Waals surface area contributed by atoms with Crippen LogP contribution >= 0.6 is 11.3 Å². The third-order valence-corrected chi connectivity index (χ3v) is 4.92. The zero-order valence-corrected chi connectivity index (χ0v) is 15.2. The number of nitrogens with zero attached hydrogens (tertiary/aromatic N) is 3. The summed E-state index contributed by atoms with van der Waals surface area (Å²) in [5, 5.41) is 2.84. The molecule has 3 aromatic rings. The number of aryl methyl sites for hydroxylation is 2. The van der Waals surface area contributed by atoms with E-state index in [0.29, 0.717) is 6.54 Å². The van der Waals surface area contributed by atoms with Gasteiger partial charge >= 0.3 is 0 Å². The molecule has 2 aromatic heterocycles. The van der Waals surface area contributed by atoms with Crippen molar-refractivity contribution in [1.29, 1.82) is 0 Å². The lowest BCUT2D eigenvalue weighted by Crippen LogP contribution is -2.26. The Balaban J connectivity index is 1.85. The van der Waals surface area contributed by atoms with E-state index in [1.54, 1.807) is 22.4 Å². The topological polar surface area (TPSA) is 38.1 Å². The highest BCUT2D eigenvalue weighted by Crippen LogP contribution is 2.23. The lowest BCUT2D eigenvalue weighted by Gasteiger charge is -2.17. The standard InChI is InChI=1S/C19H21N3OS/c1-13-5-7-16(8-6-13)12-21(4)18(23)17-11-14(2)22(15(17)3)19-20-9-10-24-19/h5-11H,12H2,1-4H3. The summed E-state index contributed by atoms with van der Waals surface area (Å²) in [6.07, 6.45) is 1.78. The van der Waals surface area contributed by atoms with E-state index in [0.717, 1.165) is 27.6 Å². The third kappa shape index (κ3) is 3.12. The first-order valence-electron chi connectivity index (χ1n) is 7.87. The van der Waals surface area contributed by atoms with E-state index in [2.05, 4.69) is 36.2 Å². The van der Waals surface area contributed by atoms with Gasteiger partial charge in [0.2, 0.25) is 0 Å². The molecule has 0 unspecified atom stereocenters. The average Bonchev–Trinajstić information content (AvgIpc) is 3.17. The largest absolute Gasteiger partial charge is 0.337 e. The van der Waals surface area contributed by atoms with E-state index >= 15 is 0 Å². The molecule has 1 aromatic carbocycles. The van der Waals surface area contributed by atoms with Gasteiger partial charge in [0.1, 0.15) is 0 Å². The number of carbonyl (C=O) groups is 1. The summed E-state index contributed by atoms with van der Waals surface area (Å²) in [5.41, 5.74) is 5.04. The van der Waals surface area contributed by atoms with E-state index in [1.165, 1.54) is 5.56 Å². The van der Waals surface area contributed by atoms with Crippen LogP contribution in [0.5, 0.6) is 0 Å². The van der Waals surface area contributed by atoms with Crippen molar-refractivity contribution >= 4 is 17.2 Å². The fraction of sp³-hybridized carbons (Fsp3) is 0.263. The molecule has 0 N–H and O–H groups in total. The molecule has 24 heavy (non-hydrogen) atoms. The van der Waals surface area contributed by atoms with Crippen LogP contribution in [-0.2, 0) is 6.54 Å². The molecule has 0 saturated carbocycles. The molecular formula is C19H21N3OS. The summed E-state index contributed by atoms with van der Waals surface area (Å²) in [5.74, 6) is 0.0338. The van der Waals surface area contributed by atoms with Crippen LogP contribution in [0.4, 0.5) is 0 Å². The Kier molecular flexibility index (Phi) is 4.53. The quantitative estimate of drug-likeness (QED) is 0.717. The Labute approximate surface area is 146 Å². The van der Waals surface area contributed by atoms with Gasteiger partial charge in [-0.2, -0.15) is 0 Å². The van der Waals surface area contributed by atoms with Gasteiger partial charge in [0, 0.05) is 36.6 Å². The van der Waals surface area contributed by atoms with Crippen LogP contribution in [0.25, 0.3) is 5.13 Å². The summed E-state index contributed by atoms with van der Waals surface area (Å²) in [7, 11) is 1.84. The van der Waals surface area contributed by atoms with Crippen LogP contribution in [0.2, 0.25) is 0 Å². The van der Waals surface area contributed by atoms with Crippen molar-refractivity contribution in [3.05, 3.63) is 70.0 Å². The lowest BCUT2D eigenvalue weighted by atomic mass is 10.1. The van der Waals surface area contributed by atoms with Crippen LogP contribution in [0, 0.1) is 20.8 Å². The third-order valence-electron chi connectivity index (χ3n) is 4.16. The van der Waals surface area contributed by atoms with Gasteiger partial charge in [-0.1, -0.05) is 29.8 Å². The fourth-order valence-electron chi connectivity index (χ4n) is 2.84. The predicted molar refractivity (Wildman–Crippen MR) is 97.9 cm³/mol. The van der Waals surface area contributed by atoms with E-state index < -0.39 is 0 Å². The Bertz CT molecular complexity index is 848. The van der Waals surface area contributed by atoms with E-state index in [4.69, 9.17) is 0 Å². The molecule has 0 spiro atoms. The molecule has 0 atom stereocenters. The van der Waals surface area contributed by atoms with Gasteiger partial charge in [0.05, 0.1) is 5.56 Å². The van der Waals surface area contributed by atoms with Gasteiger partial charge in [-0.25, -0.2) is 4.98 Å². The van der Waals surface area contributed by atoms with Crippen molar-refractivity contribution in [3.63, 3.8) is 0 Å². The number of benzene rings is 1. The van der Waals surface area contributed by atoms with Gasteiger partial charge in [0.15, 0.2) is 5.13 Å². The van der Waals surface area contributed by atoms with E-state index in [1.807, 2.05) is 36.9 Å². The van der Waals surface area contributed by atoms with Crippen LogP contribution in [-0.4, -0.2) is 27.4 Å². The van der Waals surface area contributed by atoms with E-state index in [-0.39, 0.29) is 5.91 Å². The summed E-state index contributed by atoms with van der Waals surface area (Å²) < 4.78 is 2.04. The second-order valence-electron chi connectivity index (χ2n) is 6.08. The minimum atomic E-state index is 0.0338. The van der Waals surface area contributed by atoms with Gasteiger partial charge in [0.25, 0.3) is 5.91 Å². The first kappa shape index (κ1) is 16.5. The van der Waals surface area contributed by atoms with Crippen molar-refractivity contribution in [2.24, 2.45) is 0 Å². The molecule has 4 nitrogen and oxygen atoms in total. The van der Waals surface area contributed by atoms with E-state index in [9.17, 15) is 4.79 Å². The summed E-state index contributed by atoms with van der Waals surface area (Å²) in [6, 6.07) is 10.2. The number of rotatable bonds is 4. The number of hydrogen-bond donors (Lipinski definition) is 0. The number of hydrogen-bond acceptors (Lipinski definition) is 3. The number of amides is 1. The Morgan fingerprint density at radius 1 is 1.21 bits per heavy atom. The van der Waals surface area contributed by atoms with Crippen molar-refractivity contribution in [2.45, 2.75) is 27.3 Å². The molecule has 0 radical (unpaired) electrons. The monoisotopic (exact) mass is 339 g/mol. The average molecular weight is 339 g/mol. The Hall–Kier alpha value is -2.40. The van der Waals surface area contributed by atoms with Crippen LogP contribution < -0.4 is 0 Å². The van der Waals surface area contributed by atoms with Crippen molar-refractivity contribution in [3.8, 4) is 5.13 Å². The second-order valence-corrected chi connectivity index (χ2v) is 6.95. The first-order valence-corrected chi connectivity index (χ1v) is 8.75. The molecule has 0 bridgehead atoms. The number of carbonyl (C=O) groups excluding carboxylic acids is 1. The zero-order valence-electron chi connectivity index (χ0n) is 14.4. The molecule has 0 fully saturated rings. The zero-order chi connectivity index (χ0) is 17.3. The maximum Gasteiger partial charge on any atom is 0.255 e. The minimum Gasteiger partial charge on any atom is -0.337 e. The van der Waals surface area contributed by atoms with Crippen molar-refractivity contribution in [2.75, 3.05) is 7.05 Å². The number of thiazole rings is 1. The Morgan fingerprint density at radius 3 is 2.54 bits per heavy atom. The molecule has 124 valence electrons. The SMILES string of the molecule is Cc1ccc(CN(C)C(=O)c2cc(C)n(-c3nccs3)c2C)cc1. The summed E-state index contributed by atoms with van der Waals surface area (Å²) in [6.45, 7) is 6.64. The highest BCUT2D eigenvalue weighted by molar-refractivity contribution is 7.12. The van der Waals surface area contributed by atoms with Crippen molar-refractivity contribution in [1.82, 2.24) is 14.5 Å². The maximum absolute atomic E-state index is 12.9. The summed E-state index contributed by atoms with van der Waals surface area (Å²) >= 11 is 1.57. The second kappa shape index (κ2) is 6.61. The predicted octanol–water partition coefficient (Wildman–Crippen LogP) is 4.13. The highest BCUT2D eigenvalue weighted by atomic mass is 32.1. The molecule has 5 heteroatoms. The van der Waals surface area contributed by atoms with Gasteiger partial charge in [-0.3, -0.25) is 9.36 Å². The molecule has 0 aliphatic carbocycles. The molecule has 0 aliphatic rings. The minimum absolute atomic E-state index is 0.0338. The Morgan fingerprint density at radius 2 is 1.92 bits per heavy atom. The normalized spacial score (nSPS) is 10.8. The molecule has 0 aliphatic heterocycles. The first-order chi connectivity index (χ1) is 11.5. The van der Waals surface area contributed by atoms with Crippen LogP contribution in [0.1, 0.15) is 32.9 Å². The molecule has 0 saturated heterocycles. The van der Waals surface area contributed by atoms with Gasteiger partial charge in [-0.05, 0) is 32.4 Å². The lowest BCUT2D eigenvalue weighted by molar-refractivity contribution is 0.0784. The van der Waals surface area contributed by atoms with Crippen molar-refractivity contribution < 1.29 is 4.79 Å². The summed E-state index contributed by atoms with van der Waals surface area (Å²) in [4.78, 5) is 19.0. The van der Waals surface area contributed by atoms with Crippen LogP contribution in [0.3, 0.4) is 0 Å². The molecule has 2 heterocycles. The molecule has 3 rings (SSSR count). The molecular weight excluding hydrogens is 318 g/mol. The number of aromatic nitrogens is 2. The fourth-order valence-corrected chi connectivity index (χ4v) is 3.60. The van der Waals surface area contributed by atoms with Gasteiger partial charge < -0.3 is 4.90 Å². The maximum atomic E-state index is 12.9. The smallest absolute Gasteiger partial charge is 0.255 e. The van der Waals surface area contributed by atoms with Gasteiger partial charge in [-0.15, -0.1) is 11.3 Å². The highest BCUT2D eigenvalue weighted by Gasteiger charge is 2.20. The molecule has 1 amide bonds.